The lowest BCUT2D eigenvalue weighted by Gasteiger charge is -2.19. The van der Waals surface area contributed by atoms with E-state index in [1.54, 1.807) is 49.3 Å². The number of hydrogen-bond acceptors (Lipinski definition) is 13. The molecule has 422 valence electrons. The Morgan fingerprint density at radius 1 is 0.456 bits per heavy atom. The Labute approximate surface area is 462 Å². The van der Waals surface area contributed by atoms with Gasteiger partial charge in [-0.3, -0.25) is 29.9 Å². The van der Waals surface area contributed by atoms with Crippen molar-refractivity contribution in [1.29, 1.82) is 5.26 Å². The largest absolute Gasteiger partial charge is 0.313 e. The molecular weight excluding hydrogens is 1050 g/mol. The van der Waals surface area contributed by atoms with Crippen molar-refractivity contribution < 1.29 is 30.7 Å². The summed E-state index contributed by atoms with van der Waals surface area (Å²) in [6.07, 6.45) is 19.8. The summed E-state index contributed by atoms with van der Waals surface area (Å²) in [6.45, 7) is 12.2. The first-order valence-electron chi connectivity index (χ1n) is 26.5. The summed E-state index contributed by atoms with van der Waals surface area (Å²) in [5.74, 6) is -0.485. The molecule has 21 heteroatoms. The quantitative estimate of drug-likeness (QED) is 0.0874. The zero-order valence-electron chi connectivity index (χ0n) is 44.8. The number of pyridine rings is 6. The Kier molecular flexibility index (Phi) is 21.0. The Hall–Kier alpha value is -6.05. The zero-order chi connectivity index (χ0) is 56.6. The SMILES string of the molecule is Cc1ccc(C2(F)CCNC2)cn1.Cc1ccncc1C1(F)CCNC1.Cc1cncc(C2(F)CCNC2)c1.FC1(c2cncc(Cl)c2)CCNC1.Fc1cncc(C2(F)CCNC2)c1.N#Cc1cncc(C2(F)CCNC2)c1. The van der Waals surface area contributed by atoms with Crippen molar-refractivity contribution in [2.24, 2.45) is 0 Å². The van der Waals surface area contributed by atoms with Gasteiger partial charge in [0.15, 0.2) is 34.0 Å². The van der Waals surface area contributed by atoms with Gasteiger partial charge < -0.3 is 31.9 Å². The van der Waals surface area contributed by atoms with Crippen LogP contribution < -0.4 is 31.9 Å². The van der Waals surface area contributed by atoms with E-state index in [1.807, 2.05) is 51.1 Å². The number of rotatable bonds is 6. The fourth-order valence-corrected chi connectivity index (χ4v) is 10.1. The lowest BCUT2D eigenvalue weighted by molar-refractivity contribution is 0.191. The molecule has 0 saturated carbocycles. The molecule has 0 aliphatic carbocycles. The maximum atomic E-state index is 14.2. The van der Waals surface area contributed by atoms with Crippen molar-refractivity contribution in [3.63, 3.8) is 0 Å². The van der Waals surface area contributed by atoms with Crippen LogP contribution in [0.4, 0.5) is 30.7 Å². The molecule has 6 aromatic rings. The number of halogens is 8. The second-order valence-corrected chi connectivity index (χ2v) is 21.3. The van der Waals surface area contributed by atoms with E-state index in [0.29, 0.717) is 129 Å². The maximum Gasteiger partial charge on any atom is 0.151 e. The number of aromatic nitrogens is 6. The number of alkyl halides is 6. The minimum absolute atomic E-state index is 0.248. The molecule has 6 saturated heterocycles. The maximum absolute atomic E-state index is 14.2. The van der Waals surface area contributed by atoms with Gasteiger partial charge in [-0.15, -0.1) is 0 Å². The predicted molar refractivity (Wildman–Crippen MR) is 291 cm³/mol. The molecule has 0 bridgehead atoms. The van der Waals surface area contributed by atoms with Gasteiger partial charge >= 0.3 is 0 Å². The van der Waals surface area contributed by atoms with Gasteiger partial charge in [-0.25, -0.2) is 30.7 Å². The Morgan fingerprint density at radius 3 is 1.30 bits per heavy atom. The molecule has 12 heterocycles. The van der Waals surface area contributed by atoms with Gasteiger partial charge in [-0.05, 0) is 146 Å². The molecule has 13 nitrogen and oxygen atoms in total. The van der Waals surface area contributed by atoms with Crippen LogP contribution >= 0.6 is 11.6 Å². The van der Waals surface area contributed by atoms with Gasteiger partial charge in [0.25, 0.3) is 0 Å². The van der Waals surface area contributed by atoms with E-state index in [2.05, 4.69) is 61.8 Å². The van der Waals surface area contributed by atoms with Crippen molar-refractivity contribution in [2.45, 2.75) is 93.3 Å². The van der Waals surface area contributed by atoms with E-state index in [-0.39, 0.29) is 6.54 Å². The van der Waals surface area contributed by atoms with Crippen LogP contribution in [0.5, 0.6) is 0 Å². The van der Waals surface area contributed by atoms with Crippen LogP contribution in [-0.4, -0.2) is 108 Å². The number of aryl methyl sites for hydroxylation is 3. The summed E-state index contributed by atoms with van der Waals surface area (Å²) >= 11 is 5.74. The molecule has 6 unspecified atom stereocenters. The highest BCUT2D eigenvalue weighted by atomic mass is 35.5. The van der Waals surface area contributed by atoms with Crippen LogP contribution in [0.2, 0.25) is 5.02 Å². The van der Waals surface area contributed by atoms with E-state index in [4.69, 9.17) is 16.9 Å². The summed E-state index contributed by atoms with van der Waals surface area (Å²) in [6, 6.07) is 13.8. The molecule has 6 fully saturated rings. The summed E-state index contributed by atoms with van der Waals surface area (Å²) in [5.41, 5.74) is -0.762. The molecule has 79 heavy (non-hydrogen) atoms. The topological polar surface area (TPSA) is 173 Å². The predicted octanol–water partition coefficient (Wildman–Crippen LogP) is 9.03. The highest BCUT2D eigenvalue weighted by Crippen LogP contribution is 2.37. The molecule has 6 aliphatic rings. The van der Waals surface area contributed by atoms with Gasteiger partial charge in [0.1, 0.15) is 11.9 Å². The van der Waals surface area contributed by atoms with Crippen molar-refractivity contribution >= 4 is 11.6 Å². The molecule has 0 aromatic carbocycles. The van der Waals surface area contributed by atoms with Crippen LogP contribution in [0.25, 0.3) is 0 Å². The fraction of sp³-hybridized carbons (Fsp3) is 0.466. The second-order valence-electron chi connectivity index (χ2n) is 20.8. The molecule has 12 rings (SSSR count). The van der Waals surface area contributed by atoms with Crippen molar-refractivity contribution in [3.8, 4) is 6.07 Å². The van der Waals surface area contributed by atoms with Gasteiger partial charge in [0, 0.05) is 140 Å². The molecule has 0 amide bonds. The van der Waals surface area contributed by atoms with E-state index in [1.165, 1.54) is 30.9 Å². The van der Waals surface area contributed by atoms with E-state index in [9.17, 15) is 30.7 Å². The van der Waals surface area contributed by atoms with E-state index in [0.717, 1.165) is 48.2 Å². The molecule has 6 aliphatic heterocycles. The van der Waals surface area contributed by atoms with E-state index >= 15 is 0 Å². The first-order valence-corrected chi connectivity index (χ1v) is 26.9. The van der Waals surface area contributed by atoms with Gasteiger partial charge in [-0.2, -0.15) is 5.26 Å². The Morgan fingerprint density at radius 2 is 0.886 bits per heavy atom. The van der Waals surface area contributed by atoms with Crippen LogP contribution in [0, 0.1) is 37.9 Å². The van der Waals surface area contributed by atoms with Crippen LogP contribution in [-0.2, 0) is 34.0 Å². The standard InChI is InChI=1S/C10H10FN3.3C10H13FN2.C9H10ClFN2.C9H10F2N2/c11-10(1-2-13-7-10)9-3-8(4-12)5-14-6-9;1-8-2-4-12-6-9(8)10(11)3-5-13-7-10;1-8-4-9(6-13-5-8)10(11)2-3-12-7-10;1-8-2-3-9(6-13-8)10(11)4-5-12-7-10;2*10-8-3-7(4-13-5-8)9(11)1-2-12-6-9/h3,5-6,13H,1-2,7H2;2,4,6,13H,3,5,7H2,1H3;4-6,12H,2-3,7H2,1H3;2-3,6,12H,4-5,7H2,1H3;2*3-5,12H,1-2,6H2. The zero-order valence-corrected chi connectivity index (χ0v) is 45.5. The number of nitrogens with zero attached hydrogens (tertiary/aromatic N) is 7. The average molecular weight is 1120 g/mol. The minimum Gasteiger partial charge on any atom is -0.313 e. The van der Waals surface area contributed by atoms with Crippen LogP contribution in [0.3, 0.4) is 0 Å². The fourth-order valence-electron chi connectivity index (χ4n) is 9.96. The second kappa shape index (κ2) is 27.4. The highest BCUT2D eigenvalue weighted by Gasteiger charge is 2.40. The number of hydrogen-bond donors (Lipinski definition) is 6. The van der Waals surface area contributed by atoms with Crippen LogP contribution in [0.1, 0.15) is 94.3 Å². The first-order chi connectivity index (χ1) is 37.8. The Balaban J connectivity index is 0.000000137. The Bertz CT molecular complexity index is 2760. The van der Waals surface area contributed by atoms with Gasteiger partial charge in [0.05, 0.1) is 16.8 Å². The average Bonchev–Trinajstić information content (AvgIpc) is 4.36. The third-order valence-corrected chi connectivity index (χ3v) is 15.0. The molecular formula is C58H69ClF7N13. The molecule has 6 N–H and O–H groups in total. The monoisotopic (exact) mass is 1120 g/mol. The smallest absolute Gasteiger partial charge is 0.151 e. The summed E-state index contributed by atoms with van der Waals surface area (Å²) in [5, 5.41) is 27.1. The summed E-state index contributed by atoms with van der Waals surface area (Å²) in [4.78, 5) is 23.4. The van der Waals surface area contributed by atoms with Gasteiger partial charge in [0.2, 0.25) is 0 Å². The summed E-state index contributed by atoms with van der Waals surface area (Å²) in [7, 11) is 0. The van der Waals surface area contributed by atoms with Crippen molar-refractivity contribution in [2.75, 3.05) is 78.5 Å². The lowest BCUT2D eigenvalue weighted by atomic mass is 9.93. The lowest BCUT2D eigenvalue weighted by Crippen LogP contribution is -2.24. The third-order valence-electron chi connectivity index (χ3n) is 14.8. The van der Waals surface area contributed by atoms with Crippen molar-refractivity contribution in [1.82, 2.24) is 61.8 Å². The number of nitrogens with one attached hydrogen (secondary N) is 6. The molecule has 0 radical (unpaired) electrons. The van der Waals surface area contributed by atoms with E-state index < -0.39 is 39.8 Å². The molecule has 0 spiro atoms. The molecule has 6 atom stereocenters. The normalized spacial score (nSPS) is 27.5. The highest BCUT2D eigenvalue weighted by molar-refractivity contribution is 6.30. The molecule has 6 aromatic heterocycles. The minimum atomic E-state index is -1.44. The van der Waals surface area contributed by atoms with Crippen molar-refractivity contribution in [3.05, 3.63) is 177 Å². The number of nitriles is 1. The summed E-state index contributed by atoms with van der Waals surface area (Å²) < 4.78 is 97.3. The van der Waals surface area contributed by atoms with Crippen LogP contribution in [0.15, 0.2) is 111 Å². The third kappa shape index (κ3) is 16.3. The first kappa shape index (κ1) is 60.6. The van der Waals surface area contributed by atoms with Gasteiger partial charge in [-0.1, -0.05) is 17.7 Å².